The van der Waals surface area contributed by atoms with Gasteiger partial charge in [-0.3, -0.25) is 0 Å². The van der Waals surface area contributed by atoms with E-state index < -0.39 is 6.10 Å². The lowest BCUT2D eigenvalue weighted by Gasteiger charge is -2.06. The van der Waals surface area contributed by atoms with Crippen molar-refractivity contribution in [3.05, 3.63) is 35.8 Å². The highest BCUT2D eigenvalue weighted by molar-refractivity contribution is 5.77. The van der Waals surface area contributed by atoms with Crippen LogP contribution in [0, 0.1) is 5.82 Å². The van der Waals surface area contributed by atoms with Crippen LogP contribution in [0.4, 0.5) is 4.39 Å². The van der Waals surface area contributed by atoms with Crippen molar-refractivity contribution in [2.75, 3.05) is 13.2 Å². The van der Waals surface area contributed by atoms with Gasteiger partial charge in [0, 0.05) is 25.0 Å². The fourth-order valence-electron chi connectivity index (χ4n) is 1.68. The number of rotatable bonds is 5. The van der Waals surface area contributed by atoms with Crippen LogP contribution in [-0.4, -0.2) is 18.3 Å². The summed E-state index contributed by atoms with van der Waals surface area (Å²) in [7, 11) is 0. The predicted octanol–water partition coefficient (Wildman–Crippen LogP) is 3.03. The van der Waals surface area contributed by atoms with E-state index in [1.165, 1.54) is 12.1 Å². The molecule has 2 aromatic rings. The fraction of sp³-hybridized carbons (Fsp3) is 0.385. The zero-order valence-electron chi connectivity index (χ0n) is 9.65. The minimum atomic E-state index is -0.711. The van der Waals surface area contributed by atoms with Crippen molar-refractivity contribution in [2.24, 2.45) is 0 Å². The zero-order chi connectivity index (χ0) is 12.3. The molecule has 0 bridgehead atoms. The van der Waals surface area contributed by atoms with Crippen LogP contribution in [0.25, 0.3) is 11.0 Å². The van der Waals surface area contributed by atoms with Crippen LogP contribution in [0.1, 0.15) is 25.2 Å². The van der Waals surface area contributed by atoms with Crippen LogP contribution in [0.5, 0.6) is 0 Å². The molecule has 0 saturated heterocycles. The average molecular weight is 238 g/mol. The molecule has 0 spiro atoms. The Labute approximate surface area is 98.8 Å². The van der Waals surface area contributed by atoms with Crippen molar-refractivity contribution >= 4 is 11.0 Å². The second kappa shape index (κ2) is 5.29. The monoisotopic (exact) mass is 238 g/mol. The topological polar surface area (TPSA) is 42.6 Å². The summed E-state index contributed by atoms with van der Waals surface area (Å²) in [6.45, 7) is 3.00. The van der Waals surface area contributed by atoms with E-state index in [2.05, 4.69) is 0 Å². The molecule has 0 aliphatic heterocycles. The molecule has 1 N–H and O–H groups in total. The maximum absolute atomic E-state index is 13.0. The molecule has 0 amide bonds. The first-order chi connectivity index (χ1) is 8.20. The van der Waals surface area contributed by atoms with Crippen molar-refractivity contribution in [2.45, 2.75) is 19.4 Å². The van der Waals surface area contributed by atoms with Gasteiger partial charge in [0.1, 0.15) is 23.3 Å². The van der Waals surface area contributed by atoms with Crippen molar-refractivity contribution in [3.8, 4) is 0 Å². The van der Waals surface area contributed by atoms with E-state index in [4.69, 9.17) is 9.15 Å². The molecule has 1 unspecified atom stereocenters. The minimum absolute atomic E-state index is 0.311. The molecule has 1 aromatic heterocycles. The van der Waals surface area contributed by atoms with Gasteiger partial charge in [0.2, 0.25) is 0 Å². The summed E-state index contributed by atoms with van der Waals surface area (Å²) in [5.74, 6) is 0.138. The maximum Gasteiger partial charge on any atom is 0.134 e. The third-order valence-electron chi connectivity index (χ3n) is 2.57. The van der Waals surface area contributed by atoms with E-state index in [1.54, 1.807) is 12.1 Å². The van der Waals surface area contributed by atoms with Crippen LogP contribution in [0.2, 0.25) is 0 Å². The van der Waals surface area contributed by atoms with E-state index in [0.29, 0.717) is 36.4 Å². The lowest BCUT2D eigenvalue weighted by molar-refractivity contribution is 0.0781. The van der Waals surface area contributed by atoms with Crippen molar-refractivity contribution in [1.82, 2.24) is 0 Å². The van der Waals surface area contributed by atoms with E-state index in [1.807, 2.05) is 6.92 Å². The van der Waals surface area contributed by atoms with Crippen LogP contribution in [0.3, 0.4) is 0 Å². The van der Waals surface area contributed by atoms with Crippen LogP contribution in [-0.2, 0) is 4.74 Å². The van der Waals surface area contributed by atoms with Crippen molar-refractivity contribution in [3.63, 3.8) is 0 Å². The smallest absolute Gasteiger partial charge is 0.134 e. The van der Waals surface area contributed by atoms with Gasteiger partial charge in [-0.1, -0.05) is 0 Å². The van der Waals surface area contributed by atoms with E-state index in [9.17, 15) is 9.50 Å². The standard InChI is InChI=1S/C13H15FO3/c1-2-16-6-5-11(15)13-8-9-7-10(14)3-4-12(9)17-13/h3-4,7-8,11,15H,2,5-6H2,1H3. The summed E-state index contributed by atoms with van der Waals surface area (Å²) >= 11 is 0. The first-order valence-corrected chi connectivity index (χ1v) is 5.65. The molecule has 92 valence electrons. The van der Waals surface area contributed by atoms with E-state index >= 15 is 0 Å². The molecular formula is C13H15FO3. The molecular weight excluding hydrogens is 223 g/mol. The first-order valence-electron chi connectivity index (χ1n) is 5.65. The van der Waals surface area contributed by atoms with Crippen LogP contribution >= 0.6 is 0 Å². The number of halogens is 1. The largest absolute Gasteiger partial charge is 0.458 e. The Morgan fingerprint density at radius 3 is 3.00 bits per heavy atom. The summed E-state index contributed by atoms with van der Waals surface area (Å²) in [6.07, 6.45) is -0.243. The van der Waals surface area contributed by atoms with Gasteiger partial charge >= 0.3 is 0 Å². The molecule has 1 heterocycles. The van der Waals surface area contributed by atoms with Crippen molar-refractivity contribution < 1.29 is 18.7 Å². The van der Waals surface area contributed by atoms with Gasteiger partial charge < -0.3 is 14.3 Å². The van der Waals surface area contributed by atoms with Gasteiger partial charge in [0.25, 0.3) is 0 Å². The molecule has 4 heteroatoms. The van der Waals surface area contributed by atoms with E-state index in [0.717, 1.165) is 0 Å². The summed E-state index contributed by atoms with van der Waals surface area (Å²) in [4.78, 5) is 0. The molecule has 1 atom stereocenters. The summed E-state index contributed by atoms with van der Waals surface area (Å²) in [5.41, 5.74) is 0.580. The molecule has 0 saturated carbocycles. The number of hydrogen-bond donors (Lipinski definition) is 1. The second-order valence-corrected chi connectivity index (χ2v) is 3.83. The average Bonchev–Trinajstić information content (AvgIpc) is 2.72. The third kappa shape index (κ3) is 2.84. The van der Waals surface area contributed by atoms with Gasteiger partial charge in [0.05, 0.1) is 0 Å². The predicted molar refractivity (Wildman–Crippen MR) is 62.2 cm³/mol. The molecule has 2 rings (SSSR count). The number of ether oxygens (including phenoxy) is 1. The Balaban J connectivity index is 2.12. The number of aliphatic hydroxyl groups excluding tert-OH is 1. The third-order valence-corrected chi connectivity index (χ3v) is 2.57. The molecule has 0 aliphatic carbocycles. The zero-order valence-corrected chi connectivity index (χ0v) is 9.65. The molecule has 1 aromatic carbocycles. The number of fused-ring (bicyclic) bond motifs is 1. The van der Waals surface area contributed by atoms with Crippen LogP contribution < -0.4 is 0 Å². The summed E-state index contributed by atoms with van der Waals surface area (Å²) < 4.78 is 23.6. The van der Waals surface area contributed by atoms with Crippen molar-refractivity contribution in [1.29, 1.82) is 0 Å². The van der Waals surface area contributed by atoms with Gasteiger partial charge in [-0.25, -0.2) is 4.39 Å². The SMILES string of the molecule is CCOCCC(O)c1cc2cc(F)ccc2o1. The highest BCUT2D eigenvalue weighted by atomic mass is 19.1. The number of aliphatic hydroxyl groups is 1. The first kappa shape index (κ1) is 12.1. The van der Waals surface area contributed by atoms with Crippen LogP contribution in [0.15, 0.2) is 28.7 Å². The van der Waals surface area contributed by atoms with Gasteiger partial charge in [-0.2, -0.15) is 0 Å². The normalized spacial score (nSPS) is 13.1. The van der Waals surface area contributed by atoms with E-state index in [-0.39, 0.29) is 5.82 Å². The lowest BCUT2D eigenvalue weighted by atomic mass is 10.2. The molecule has 3 nitrogen and oxygen atoms in total. The Bertz CT molecular complexity index is 492. The summed E-state index contributed by atoms with van der Waals surface area (Å²) in [5, 5.41) is 10.5. The fourth-order valence-corrected chi connectivity index (χ4v) is 1.68. The number of benzene rings is 1. The lowest BCUT2D eigenvalue weighted by Crippen LogP contribution is -2.02. The molecule has 0 radical (unpaired) electrons. The van der Waals surface area contributed by atoms with Gasteiger partial charge in [0.15, 0.2) is 0 Å². The summed E-state index contributed by atoms with van der Waals surface area (Å²) in [6, 6.07) is 5.94. The highest BCUT2D eigenvalue weighted by Crippen LogP contribution is 2.26. The van der Waals surface area contributed by atoms with Gasteiger partial charge in [-0.05, 0) is 31.2 Å². The second-order valence-electron chi connectivity index (χ2n) is 3.83. The minimum Gasteiger partial charge on any atom is -0.458 e. The molecule has 0 fully saturated rings. The van der Waals surface area contributed by atoms with Gasteiger partial charge in [-0.15, -0.1) is 0 Å². The quantitative estimate of drug-likeness (QED) is 0.814. The Kier molecular flexibility index (Phi) is 3.76. The molecule has 0 aliphatic rings. The number of hydrogen-bond acceptors (Lipinski definition) is 3. The Morgan fingerprint density at radius 1 is 1.41 bits per heavy atom. The maximum atomic E-state index is 13.0. The highest BCUT2D eigenvalue weighted by Gasteiger charge is 2.13. The molecule has 17 heavy (non-hydrogen) atoms. The Hall–Kier alpha value is -1.39. The Morgan fingerprint density at radius 2 is 2.24 bits per heavy atom. The number of furan rings is 1.